The fraction of sp³-hybridized carbons (Fsp3) is 0.955. The van der Waals surface area contributed by atoms with Gasteiger partial charge in [0.15, 0.2) is 5.96 Å². The number of likely N-dealkylation sites (tertiary alicyclic amines) is 1. The molecule has 28 heavy (non-hydrogen) atoms. The summed E-state index contributed by atoms with van der Waals surface area (Å²) in [5.74, 6) is 2.36. The van der Waals surface area contributed by atoms with Crippen LogP contribution in [-0.2, 0) is 4.74 Å². The fourth-order valence-corrected chi connectivity index (χ4v) is 4.52. The van der Waals surface area contributed by atoms with E-state index in [4.69, 9.17) is 9.73 Å². The monoisotopic (exact) mass is 508 g/mol. The zero-order valence-corrected chi connectivity index (χ0v) is 21.3. The molecule has 2 N–H and O–H groups in total. The molecule has 2 fully saturated rings. The quantitative estimate of drug-likeness (QED) is 0.309. The first-order chi connectivity index (χ1) is 12.9. The van der Waals surface area contributed by atoms with Crippen LogP contribution in [0.1, 0.15) is 66.7 Å². The highest BCUT2D eigenvalue weighted by atomic mass is 127. The summed E-state index contributed by atoms with van der Waals surface area (Å²) in [7, 11) is 0. The van der Waals surface area contributed by atoms with Crippen molar-refractivity contribution in [2.75, 3.05) is 45.9 Å². The Labute approximate surface area is 190 Å². The van der Waals surface area contributed by atoms with Gasteiger partial charge in [-0.05, 0) is 70.0 Å². The Morgan fingerprint density at radius 2 is 1.82 bits per heavy atom. The number of hydrogen-bond acceptors (Lipinski definition) is 3. The molecule has 2 atom stereocenters. The minimum absolute atomic E-state index is 0. The fourth-order valence-electron chi connectivity index (χ4n) is 4.52. The molecule has 0 bridgehead atoms. The van der Waals surface area contributed by atoms with E-state index in [1.54, 1.807) is 0 Å². The van der Waals surface area contributed by atoms with Gasteiger partial charge in [-0.15, -0.1) is 24.0 Å². The standard InChI is InChI=1S/C22H44N4O.HI/c1-6-23-21(24-13-10-18-11-14-26(7-2)15-12-18)25-17-19-9-8-16-27-20(19)22(3,4)5;/h18-20H,6-17H2,1-5H3,(H2,23,24,25);1H. The lowest BCUT2D eigenvalue weighted by Gasteiger charge is -2.39. The van der Waals surface area contributed by atoms with Crippen LogP contribution in [0.2, 0.25) is 0 Å². The Bertz CT molecular complexity index is 444. The molecule has 166 valence electrons. The van der Waals surface area contributed by atoms with E-state index >= 15 is 0 Å². The van der Waals surface area contributed by atoms with Gasteiger partial charge >= 0.3 is 0 Å². The van der Waals surface area contributed by atoms with Crippen molar-refractivity contribution in [3.8, 4) is 0 Å². The number of rotatable bonds is 7. The second kappa shape index (κ2) is 13.3. The maximum Gasteiger partial charge on any atom is 0.191 e. The summed E-state index contributed by atoms with van der Waals surface area (Å²) < 4.78 is 6.11. The first-order valence-electron chi connectivity index (χ1n) is 11.3. The van der Waals surface area contributed by atoms with Gasteiger partial charge in [0, 0.05) is 32.2 Å². The van der Waals surface area contributed by atoms with E-state index in [1.165, 1.54) is 45.3 Å². The van der Waals surface area contributed by atoms with Crippen LogP contribution in [0.25, 0.3) is 0 Å². The summed E-state index contributed by atoms with van der Waals surface area (Å²) in [6.07, 6.45) is 6.63. The van der Waals surface area contributed by atoms with Crippen molar-refractivity contribution in [1.29, 1.82) is 0 Å². The van der Waals surface area contributed by atoms with Crippen LogP contribution in [0, 0.1) is 17.3 Å². The highest BCUT2D eigenvalue weighted by molar-refractivity contribution is 14.0. The summed E-state index contributed by atoms with van der Waals surface area (Å²) >= 11 is 0. The third-order valence-electron chi connectivity index (χ3n) is 6.13. The van der Waals surface area contributed by atoms with Crippen molar-refractivity contribution < 1.29 is 4.74 Å². The van der Waals surface area contributed by atoms with E-state index in [0.717, 1.165) is 44.5 Å². The second-order valence-corrected chi connectivity index (χ2v) is 9.37. The summed E-state index contributed by atoms with van der Waals surface area (Å²) in [4.78, 5) is 7.48. The van der Waals surface area contributed by atoms with Crippen molar-refractivity contribution in [1.82, 2.24) is 15.5 Å². The van der Waals surface area contributed by atoms with E-state index in [-0.39, 0.29) is 29.4 Å². The predicted molar refractivity (Wildman–Crippen MR) is 131 cm³/mol. The van der Waals surface area contributed by atoms with Gasteiger partial charge in [0.2, 0.25) is 0 Å². The van der Waals surface area contributed by atoms with Crippen LogP contribution < -0.4 is 10.6 Å². The van der Waals surface area contributed by atoms with Crippen molar-refractivity contribution >= 4 is 29.9 Å². The van der Waals surface area contributed by atoms with Gasteiger partial charge in [0.05, 0.1) is 6.10 Å². The van der Waals surface area contributed by atoms with Crippen LogP contribution in [0.5, 0.6) is 0 Å². The SMILES string of the molecule is CCNC(=NCC1CCCOC1C(C)(C)C)NCCC1CCN(CC)CC1.I. The average molecular weight is 509 g/mol. The Hall–Kier alpha value is -0.0800. The lowest BCUT2D eigenvalue weighted by atomic mass is 9.78. The van der Waals surface area contributed by atoms with Crippen LogP contribution in [0.4, 0.5) is 0 Å². The normalized spacial score (nSPS) is 25.2. The van der Waals surface area contributed by atoms with Crippen molar-refractivity contribution in [3.63, 3.8) is 0 Å². The predicted octanol–water partition coefficient (Wildman–Crippen LogP) is 4.12. The van der Waals surface area contributed by atoms with Gasteiger partial charge in [-0.1, -0.05) is 27.7 Å². The molecule has 2 aliphatic rings. The first kappa shape index (κ1) is 26.0. The van der Waals surface area contributed by atoms with Crippen LogP contribution in [0.15, 0.2) is 4.99 Å². The molecule has 0 aromatic carbocycles. The zero-order valence-electron chi connectivity index (χ0n) is 18.9. The molecule has 0 aromatic heterocycles. The molecule has 0 radical (unpaired) electrons. The van der Waals surface area contributed by atoms with Crippen LogP contribution in [0.3, 0.4) is 0 Å². The number of nitrogens with zero attached hydrogens (tertiary/aromatic N) is 2. The lowest BCUT2D eigenvalue weighted by molar-refractivity contribution is -0.0823. The van der Waals surface area contributed by atoms with E-state index in [1.807, 2.05) is 0 Å². The van der Waals surface area contributed by atoms with Crippen molar-refractivity contribution in [3.05, 3.63) is 0 Å². The summed E-state index contributed by atoms with van der Waals surface area (Å²) in [6, 6.07) is 0. The summed E-state index contributed by atoms with van der Waals surface area (Å²) in [5.41, 5.74) is 0.180. The van der Waals surface area contributed by atoms with Gasteiger partial charge in [-0.2, -0.15) is 0 Å². The molecular formula is C22H45IN4O. The maximum atomic E-state index is 6.11. The summed E-state index contributed by atoms with van der Waals surface area (Å²) in [6.45, 7) is 18.7. The molecule has 6 heteroatoms. The molecule has 2 heterocycles. The van der Waals surface area contributed by atoms with Crippen LogP contribution >= 0.6 is 24.0 Å². The van der Waals surface area contributed by atoms with Crippen molar-refractivity contribution in [2.45, 2.75) is 72.8 Å². The minimum Gasteiger partial charge on any atom is -0.377 e. The Balaban J connectivity index is 0.00000392. The van der Waals surface area contributed by atoms with Gasteiger partial charge in [0.25, 0.3) is 0 Å². The number of halogens is 1. The highest BCUT2D eigenvalue weighted by Crippen LogP contribution is 2.34. The molecular weight excluding hydrogens is 463 g/mol. The van der Waals surface area contributed by atoms with Crippen molar-refractivity contribution in [2.24, 2.45) is 22.2 Å². The number of piperidine rings is 1. The smallest absolute Gasteiger partial charge is 0.191 e. The third kappa shape index (κ3) is 8.74. The van der Waals surface area contributed by atoms with Crippen LogP contribution in [-0.4, -0.2) is 62.8 Å². The van der Waals surface area contributed by atoms with E-state index in [9.17, 15) is 0 Å². The number of ether oxygens (including phenoxy) is 1. The molecule has 0 aliphatic carbocycles. The molecule has 5 nitrogen and oxygen atoms in total. The zero-order chi connectivity index (χ0) is 19.7. The van der Waals surface area contributed by atoms with Gasteiger partial charge < -0.3 is 20.3 Å². The molecule has 0 saturated carbocycles. The number of aliphatic imine (C=N–C) groups is 1. The molecule has 2 saturated heterocycles. The third-order valence-corrected chi connectivity index (χ3v) is 6.13. The van der Waals surface area contributed by atoms with Gasteiger partial charge in [-0.3, -0.25) is 4.99 Å². The molecule has 2 unspecified atom stereocenters. The first-order valence-corrected chi connectivity index (χ1v) is 11.3. The summed E-state index contributed by atoms with van der Waals surface area (Å²) in [5, 5.41) is 6.99. The molecule has 0 aromatic rings. The van der Waals surface area contributed by atoms with E-state index < -0.39 is 0 Å². The topological polar surface area (TPSA) is 48.9 Å². The molecule has 0 spiro atoms. The molecule has 0 amide bonds. The van der Waals surface area contributed by atoms with E-state index in [0.29, 0.717) is 12.0 Å². The molecule has 2 aliphatic heterocycles. The average Bonchev–Trinajstić information content (AvgIpc) is 2.66. The maximum absolute atomic E-state index is 6.11. The Kier molecular flexibility index (Phi) is 12.3. The Morgan fingerprint density at radius 3 is 2.43 bits per heavy atom. The number of guanidine groups is 1. The highest BCUT2D eigenvalue weighted by Gasteiger charge is 2.35. The van der Waals surface area contributed by atoms with Gasteiger partial charge in [-0.25, -0.2) is 0 Å². The minimum atomic E-state index is 0. The number of hydrogen-bond donors (Lipinski definition) is 2. The largest absolute Gasteiger partial charge is 0.377 e. The second-order valence-electron chi connectivity index (χ2n) is 9.37. The Morgan fingerprint density at radius 1 is 1.11 bits per heavy atom. The number of nitrogens with one attached hydrogen (secondary N) is 2. The lowest BCUT2D eigenvalue weighted by Crippen LogP contribution is -2.43. The molecule has 2 rings (SSSR count). The van der Waals surface area contributed by atoms with E-state index in [2.05, 4.69) is 50.2 Å². The van der Waals surface area contributed by atoms with Gasteiger partial charge in [0.1, 0.15) is 0 Å².